The zero-order chi connectivity index (χ0) is 21.9. The van der Waals surface area contributed by atoms with Crippen LogP contribution in [-0.2, 0) is 13.2 Å². The summed E-state index contributed by atoms with van der Waals surface area (Å²) in [6, 6.07) is 19.1. The Labute approximate surface area is 206 Å². The predicted octanol–water partition coefficient (Wildman–Crippen LogP) is 5.00. The molecule has 0 amide bonds. The molecule has 0 fully saturated rings. The molecule has 3 N–H and O–H groups in total. The van der Waals surface area contributed by atoms with E-state index in [1.807, 2.05) is 74.5 Å². The quantitative estimate of drug-likeness (QED) is 0.211. The maximum absolute atomic E-state index is 6.12. The van der Waals surface area contributed by atoms with Crippen LogP contribution in [0.3, 0.4) is 0 Å². The lowest BCUT2D eigenvalue weighted by molar-refractivity contribution is 0.301. The zero-order valence-electron chi connectivity index (χ0n) is 18.3. The van der Waals surface area contributed by atoms with E-state index >= 15 is 0 Å². The van der Waals surface area contributed by atoms with Crippen LogP contribution in [0.1, 0.15) is 25.1 Å². The average molecular weight is 548 g/mol. The molecular weight excluding hydrogens is 519 g/mol. The fourth-order valence-corrected chi connectivity index (χ4v) is 2.87. The molecule has 0 saturated carbocycles. The molecule has 3 rings (SSSR count). The molecule has 0 spiro atoms. The number of aromatic nitrogens is 1. The minimum atomic E-state index is 0. The zero-order valence-corrected chi connectivity index (χ0v) is 20.6. The van der Waals surface area contributed by atoms with Gasteiger partial charge in [0.05, 0.1) is 31.1 Å². The summed E-state index contributed by atoms with van der Waals surface area (Å²) in [5, 5.41) is 3.11. The molecule has 8 heteroatoms. The number of benzene rings is 2. The monoisotopic (exact) mass is 548 g/mol. The van der Waals surface area contributed by atoms with Gasteiger partial charge in [-0.1, -0.05) is 18.2 Å². The van der Waals surface area contributed by atoms with Crippen molar-refractivity contribution in [2.75, 3.05) is 18.5 Å². The summed E-state index contributed by atoms with van der Waals surface area (Å²) in [5.74, 6) is 2.47. The van der Waals surface area contributed by atoms with Crippen molar-refractivity contribution in [1.29, 1.82) is 0 Å². The van der Waals surface area contributed by atoms with Gasteiger partial charge in [-0.15, -0.1) is 24.0 Å². The number of hydrogen-bond donors (Lipinski definition) is 2. The van der Waals surface area contributed by atoms with E-state index in [4.69, 9.17) is 19.9 Å². The average Bonchev–Trinajstić information content (AvgIpc) is 2.79. The fourth-order valence-electron chi connectivity index (χ4n) is 2.87. The van der Waals surface area contributed by atoms with E-state index < -0.39 is 0 Å². The first kappa shape index (κ1) is 25.3. The van der Waals surface area contributed by atoms with Crippen molar-refractivity contribution in [2.24, 2.45) is 10.7 Å². The van der Waals surface area contributed by atoms with Crippen LogP contribution < -0.4 is 25.3 Å². The van der Waals surface area contributed by atoms with E-state index in [-0.39, 0.29) is 29.9 Å². The lowest BCUT2D eigenvalue weighted by Crippen LogP contribution is -2.23. The largest absolute Gasteiger partial charge is 0.494 e. The third kappa shape index (κ3) is 7.92. The van der Waals surface area contributed by atoms with Crippen LogP contribution in [0.2, 0.25) is 0 Å². The molecule has 32 heavy (non-hydrogen) atoms. The second kappa shape index (κ2) is 13.4. The highest BCUT2D eigenvalue weighted by Gasteiger charge is 2.07. The van der Waals surface area contributed by atoms with Gasteiger partial charge >= 0.3 is 0 Å². The van der Waals surface area contributed by atoms with Crippen LogP contribution in [0.4, 0.5) is 5.69 Å². The first-order valence-electron chi connectivity index (χ1n) is 10.3. The minimum Gasteiger partial charge on any atom is -0.494 e. The summed E-state index contributed by atoms with van der Waals surface area (Å²) in [6.45, 7) is 5.82. The van der Waals surface area contributed by atoms with E-state index in [1.54, 1.807) is 6.20 Å². The van der Waals surface area contributed by atoms with Gasteiger partial charge in [-0.25, -0.2) is 4.99 Å². The minimum absolute atomic E-state index is 0. The second-order valence-corrected chi connectivity index (χ2v) is 6.61. The second-order valence-electron chi connectivity index (χ2n) is 6.61. The van der Waals surface area contributed by atoms with Gasteiger partial charge in [-0.3, -0.25) is 4.98 Å². The number of nitrogens with two attached hydrogens (primary N) is 1. The van der Waals surface area contributed by atoms with Gasteiger partial charge in [0.2, 0.25) is 0 Å². The number of hydrogen-bond acceptors (Lipinski definition) is 5. The van der Waals surface area contributed by atoms with E-state index in [9.17, 15) is 0 Å². The van der Waals surface area contributed by atoms with Gasteiger partial charge in [-0.2, -0.15) is 0 Å². The third-order valence-corrected chi connectivity index (χ3v) is 4.27. The number of nitrogens with one attached hydrogen (secondary N) is 1. The Morgan fingerprint density at radius 1 is 0.938 bits per heavy atom. The normalized spacial score (nSPS) is 10.8. The molecule has 1 heterocycles. The molecule has 0 atom stereocenters. The summed E-state index contributed by atoms with van der Waals surface area (Å²) in [7, 11) is 0. The van der Waals surface area contributed by atoms with Gasteiger partial charge in [0.1, 0.15) is 23.9 Å². The third-order valence-electron chi connectivity index (χ3n) is 4.27. The molecule has 7 nitrogen and oxygen atoms in total. The molecule has 0 unspecified atom stereocenters. The molecule has 0 aliphatic rings. The van der Waals surface area contributed by atoms with Gasteiger partial charge in [0.25, 0.3) is 0 Å². The van der Waals surface area contributed by atoms with Crippen LogP contribution in [0.5, 0.6) is 17.2 Å². The predicted molar refractivity (Wildman–Crippen MR) is 138 cm³/mol. The molecule has 0 aliphatic carbocycles. The van der Waals surface area contributed by atoms with Crippen LogP contribution in [0, 0.1) is 0 Å². The van der Waals surface area contributed by atoms with Crippen LogP contribution >= 0.6 is 24.0 Å². The molecule has 0 bridgehead atoms. The number of halogens is 1. The number of ether oxygens (including phenoxy) is 3. The van der Waals surface area contributed by atoms with E-state index in [0.717, 1.165) is 22.8 Å². The Morgan fingerprint density at radius 2 is 1.75 bits per heavy atom. The molecule has 1 aromatic heterocycles. The number of aliphatic imine (C=N–C) groups is 1. The lowest BCUT2D eigenvalue weighted by atomic mass is 10.2. The molecule has 2 aromatic carbocycles. The number of anilines is 1. The van der Waals surface area contributed by atoms with Crippen molar-refractivity contribution in [3.63, 3.8) is 0 Å². The summed E-state index contributed by atoms with van der Waals surface area (Å²) in [5.41, 5.74) is 8.68. The Bertz CT molecular complexity index is 1000. The standard InChI is InChI=1S/C24H28N4O3.HI/c1-3-29-21-11-12-23(30-4-2)22(15-21)28-24(25)27-16-18-8-7-10-20(14-18)31-17-19-9-5-6-13-26-19;/h5-15H,3-4,16-17H2,1-2H3,(H3,25,27,28);1H. The first-order valence-corrected chi connectivity index (χ1v) is 10.3. The van der Waals surface area contributed by atoms with Crippen LogP contribution in [-0.4, -0.2) is 24.2 Å². The molecule has 0 saturated heterocycles. The summed E-state index contributed by atoms with van der Waals surface area (Å²) >= 11 is 0. The first-order chi connectivity index (χ1) is 15.2. The maximum Gasteiger partial charge on any atom is 0.193 e. The van der Waals surface area contributed by atoms with Crippen molar-refractivity contribution in [1.82, 2.24) is 4.98 Å². The Morgan fingerprint density at radius 3 is 2.50 bits per heavy atom. The molecule has 3 aromatic rings. The Kier molecular flexibility index (Phi) is 10.6. The number of rotatable bonds is 10. The van der Waals surface area contributed by atoms with Gasteiger partial charge in [-0.05, 0) is 55.8 Å². The maximum atomic E-state index is 6.12. The van der Waals surface area contributed by atoms with E-state index in [1.165, 1.54) is 0 Å². The lowest BCUT2D eigenvalue weighted by Gasteiger charge is -2.14. The van der Waals surface area contributed by atoms with Gasteiger partial charge in [0.15, 0.2) is 5.96 Å². The van der Waals surface area contributed by atoms with Crippen molar-refractivity contribution in [3.05, 3.63) is 78.1 Å². The molecule has 0 aliphatic heterocycles. The summed E-state index contributed by atoms with van der Waals surface area (Å²) in [6.07, 6.45) is 1.75. The number of guanidine groups is 1. The summed E-state index contributed by atoms with van der Waals surface area (Å²) < 4.78 is 17.1. The van der Waals surface area contributed by atoms with Gasteiger partial charge in [0, 0.05) is 12.3 Å². The van der Waals surface area contributed by atoms with Crippen molar-refractivity contribution in [2.45, 2.75) is 27.0 Å². The van der Waals surface area contributed by atoms with Crippen molar-refractivity contribution >= 4 is 35.6 Å². The summed E-state index contributed by atoms with van der Waals surface area (Å²) in [4.78, 5) is 8.71. The Balaban J connectivity index is 0.00000363. The van der Waals surface area contributed by atoms with E-state index in [0.29, 0.717) is 37.8 Å². The van der Waals surface area contributed by atoms with Gasteiger partial charge < -0.3 is 25.3 Å². The van der Waals surface area contributed by atoms with Crippen molar-refractivity contribution < 1.29 is 14.2 Å². The number of pyridine rings is 1. The smallest absolute Gasteiger partial charge is 0.193 e. The highest BCUT2D eigenvalue weighted by molar-refractivity contribution is 14.0. The number of nitrogens with zero attached hydrogens (tertiary/aromatic N) is 2. The highest BCUT2D eigenvalue weighted by Crippen LogP contribution is 2.29. The SMILES string of the molecule is CCOc1ccc(OCC)c(NC(N)=NCc2cccc(OCc3ccccn3)c2)c1.I. The van der Waals surface area contributed by atoms with Crippen LogP contribution in [0.25, 0.3) is 0 Å². The van der Waals surface area contributed by atoms with Crippen molar-refractivity contribution in [3.8, 4) is 17.2 Å². The topological polar surface area (TPSA) is 91.0 Å². The fraction of sp³-hybridized carbons (Fsp3) is 0.250. The molecular formula is C24H29IN4O3. The molecule has 170 valence electrons. The van der Waals surface area contributed by atoms with Crippen LogP contribution in [0.15, 0.2) is 71.9 Å². The molecule has 0 radical (unpaired) electrons. The Hall–Kier alpha value is -3.01. The highest BCUT2D eigenvalue weighted by atomic mass is 127. The van der Waals surface area contributed by atoms with E-state index in [2.05, 4.69) is 15.3 Å².